The van der Waals surface area contributed by atoms with Crippen LogP contribution >= 0.6 is 23.2 Å². The number of anilines is 5. The third-order valence-corrected chi connectivity index (χ3v) is 8.13. The molecule has 0 spiro atoms. The number of carbonyl (C=O) groups excluding carboxylic acids is 2. The maximum atomic E-state index is 13.3. The summed E-state index contributed by atoms with van der Waals surface area (Å²) < 4.78 is 10.8. The summed E-state index contributed by atoms with van der Waals surface area (Å²) in [5.41, 5.74) is 2.38. The number of alkyl halides is 1. The van der Waals surface area contributed by atoms with Gasteiger partial charge in [-0.2, -0.15) is 0 Å². The standard InChI is InChI=1S/C29H36Cl2N8O4/c1-7-25(40)35-20-14-18(39-12-10-37(3)11-13-39)8-9-19(20)34-23-16-24(33-17-32-23)38(4)28(41)36-27-26(30)21(42-5)15-22(43-6)29(27,2)31/h7-9,14-17,22H,1,10-13H2,2-6H3,(H,35,40)(H,36,41)(H,32,33,34). The molecule has 4 rings (SSSR count). The topological polar surface area (TPSA) is 124 Å². The van der Waals surface area contributed by atoms with Crippen molar-refractivity contribution in [3.63, 3.8) is 0 Å². The number of carbonyl (C=O) groups is 2. The largest absolute Gasteiger partial charge is 0.495 e. The van der Waals surface area contributed by atoms with Crippen molar-refractivity contribution in [2.75, 3.05) is 74.9 Å². The summed E-state index contributed by atoms with van der Waals surface area (Å²) in [5.74, 6) is 0.668. The first-order chi connectivity index (χ1) is 20.5. The Labute approximate surface area is 261 Å². The molecule has 3 N–H and O–H groups in total. The summed E-state index contributed by atoms with van der Waals surface area (Å²) in [6.07, 6.45) is 3.58. The number of halogens is 2. The van der Waals surface area contributed by atoms with E-state index in [-0.39, 0.29) is 22.5 Å². The Morgan fingerprint density at radius 1 is 1.14 bits per heavy atom. The lowest BCUT2D eigenvalue weighted by Crippen LogP contribution is -2.48. The highest BCUT2D eigenvalue weighted by Gasteiger charge is 2.43. The number of rotatable bonds is 9. The fraction of sp³-hybridized carbons (Fsp3) is 0.379. The molecule has 2 heterocycles. The van der Waals surface area contributed by atoms with E-state index >= 15 is 0 Å². The van der Waals surface area contributed by atoms with Gasteiger partial charge in [-0.15, -0.1) is 11.6 Å². The van der Waals surface area contributed by atoms with Crippen LogP contribution < -0.4 is 25.8 Å². The summed E-state index contributed by atoms with van der Waals surface area (Å²) >= 11 is 13.3. The lowest BCUT2D eigenvalue weighted by Gasteiger charge is -2.36. The Morgan fingerprint density at radius 3 is 2.51 bits per heavy atom. The van der Waals surface area contributed by atoms with E-state index in [4.69, 9.17) is 32.7 Å². The lowest BCUT2D eigenvalue weighted by molar-refractivity contribution is -0.111. The molecule has 14 heteroatoms. The molecule has 2 atom stereocenters. The first kappa shape index (κ1) is 32.1. The first-order valence-electron chi connectivity index (χ1n) is 13.5. The number of aromatic nitrogens is 2. The predicted octanol–water partition coefficient (Wildman–Crippen LogP) is 4.25. The van der Waals surface area contributed by atoms with Crippen LogP contribution in [0.15, 0.2) is 65.8 Å². The third kappa shape index (κ3) is 7.21. The van der Waals surface area contributed by atoms with Crippen molar-refractivity contribution in [1.29, 1.82) is 0 Å². The van der Waals surface area contributed by atoms with Crippen molar-refractivity contribution in [3.8, 4) is 0 Å². The second-order valence-electron chi connectivity index (χ2n) is 10.2. The number of nitrogens with one attached hydrogen (secondary N) is 3. The number of methoxy groups -OCH3 is 2. The molecule has 0 radical (unpaired) electrons. The molecule has 0 saturated carbocycles. The van der Waals surface area contributed by atoms with E-state index in [2.05, 4.69) is 49.3 Å². The van der Waals surface area contributed by atoms with E-state index in [9.17, 15) is 9.59 Å². The van der Waals surface area contributed by atoms with Crippen LogP contribution in [0.5, 0.6) is 0 Å². The number of benzene rings is 1. The minimum Gasteiger partial charge on any atom is -0.495 e. The second-order valence-corrected chi connectivity index (χ2v) is 11.4. The third-order valence-electron chi connectivity index (χ3n) is 7.35. The average Bonchev–Trinajstić information content (AvgIpc) is 3.00. The normalized spacial score (nSPS) is 20.7. The molecule has 0 bridgehead atoms. The Morgan fingerprint density at radius 2 is 1.86 bits per heavy atom. The summed E-state index contributed by atoms with van der Waals surface area (Å²) in [5, 5.41) is 9.04. The van der Waals surface area contributed by atoms with Gasteiger partial charge in [0, 0.05) is 52.1 Å². The first-order valence-corrected chi connectivity index (χ1v) is 14.3. The predicted molar refractivity (Wildman–Crippen MR) is 170 cm³/mol. The van der Waals surface area contributed by atoms with Crippen molar-refractivity contribution in [1.82, 2.24) is 20.2 Å². The summed E-state index contributed by atoms with van der Waals surface area (Å²) in [6.45, 7) is 8.90. The van der Waals surface area contributed by atoms with E-state index in [1.165, 1.54) is 31.5 Å². The van der Waals surface area contributed by atoms with Crippen LogP contribution in [-0.2, 0) is 14.3 Å². The number of hydrogen-bond donors (Lipinski definition) is 3. The molecule has 43 heavy (non-hydrogen) atoms. The Kier molecular flexibility index (Phi) is 10.2. The molecule has 3 amide bonds. The number of nitrogens with zero attached hydrogens (tertiary/aromatic N) is 5. The molecule has 1 aromatic heterocycles. The van der Waals surface area contributed by atoms with Gasteiger partial charge in [0.15, 0.2) is 0 Å². The zero-order valence-electron chi connectivity index (χ0n) is 24.8. The zero-order chi connectivity index (χ0) is 31.3. The number of ether oxygens (including phenoxy) is 2. The maximum absolute atomic E-state index is 13.3. The molecule has 1 saturated heterocycles. The molecular weight excluding hydrogens is 595 g/mol. The molecule has 1 aliphatic heterocycles. The van der Waals surface area contributed by atoms with E-state index in [1.54, 1.807) is 26.1 Å². The highest BCUT2D eigenvalue weighted by molar-refractivity contribution is 6.35. The van der Waals surface area contributed by atoms with Crippen molar-refractivity contribution in [2.45, 2.75) is 17.9 Å². The van der Waals surface area contributed by atoms with Crippen LogP contribution in [-0.4, -0.2) is 92.3 Å². The smallest absolute Gasteiger partial charge is 0.327 e. The van der Waals surface area contributed by atoms with Crippen LogP contribution in [0.2, 0.25) is 0 Å². The van der Waals surface area contributed by atoms with Crippen molar-refractivity contribution >= 4 is 63.8 Å². The van der Waals surface area contributed by atoms with Gasteiger partial charge < -0.3 is 35.2 Å². The van der Waals surface area contributed by atoms with Crippen LogP contribution in [0.4, 0.5) is 33.5 Å². The number of likely N-dealkylation sites (N-methyl/N-ethyl adjacent to an activating group) is 1. The summed E-state index contributed by atoms with van der Waals surface area (Å²) in [7, 11) is 6.61. The quantitative estimate of drug-likeness (QED) is 0.275. The van der Waals surface area contributed by atoms with Crippen molar-refractivity contribution < 1.29 is 19.1 Å². The van der Waals surface area contributed by atoms with Gasteiger partial charge in [-0.25, -0.2) is 14.8 Å². The van der Waals surface area contributed by atoms with Gasteiger partial charge in [-0.05, 0) is 44.3 Å². The number of piperazine rings is 1. The summed E-state index contributed by atoms with van der Waals surface area (Å²) in [4.78, 5) is 38.8. The number of urea groups is 1. The Hall–Kier alpha value is -3.84. The van der Waals surface area contributed by atoms with Gasteiger partial charge in [0.1, 0.15) is 39.7 Å². The molecule has 1 fully saturated rings. The van der Waals surface area contributed by atoms with E-state index < -0.39 is 17.0 Å². The SMILES string of the molecule is C=CC(=O)Nc1cc(N2CCN(C)CC2)ccc1Nc1cc(N(C)C(=O)NC2=C(Cl)C(OC)=CC(OC)C2(C)Cl)ncn1. The van der Waals surface area contributed by atoms with Gasteiger partial charge in [-0.1, -0.05) is 18.2 Å². The van der Waals surface area contributed by atoms with Gasteiger partial charge in [-0.3, -0.25) is 9.69 Å². The molecule has 2 aromatic rings. The second kappa shape index (κ2) is 13.6. The highest BCUT2D eigenvalue weighted by Crippen LogP contribution is 2.40. The number of hydrogen-bond acceptors (Lipinski definition) is 9. The molecule has 12 nitrogen and oxygen atoms in total. The van der Waals surface area contributed by atoms with E-state index in [0.29, 0.717) is 23.0 Å². The molecular formula is C29H36Cl2N8O4. The molecule has 230 valence electrons. The van der Waals surface area contributed by atoms with Gasteiger partial charge >= 0.3 is 6.03 Å². The fourth-order valence-electron chi connectivity index (χ4n) is 4.69. The number of allylic oxidation sites excluding steroid dienone is 1. The monoisotopic (exact) mass is 630 g/mol. The van der Waals surface area contributed by atoms with E-state index in [1.807, 2.05) is 18.2 Å². The van der Waals surface area contributed by atoms with Crippen molar-refractivity contribution in [2.24, 2.45) is 0 Å². The lowest BCUT2D eigenvalue weighted by atomic mass is 9.93. The van der Waals surface area contributed by atoms with Crippen molar-refractivity contribution in [3.05, 3.63) is 65.8 Å². The minimum absolute atomic E-state index is 0.161. The zero-order valence-corrected chi connectivity index (χ0v) is 26.3. The van der Waals surface area contributed by atoms with Crippen LogP contribution in [0.3, 0.4) is 0 Å². The number of amides is 3. The van der Waals surface area contributed by atoms with Gasteiger partial charge in [0.05, 0.1) is 24.2 Å². The van der Waals surface area contributed by atoms with E-state index in [0.717, 1.165) is 31.9 Å². The minimum atomic E-state index is -1.18. The van der Waals surface area contributed by atoms with Gasteiger partial charge in [0.25, 0.3) is 0 Å². The molecule has 1 aliphatic carbocycles. The average molecular weight is 632 g/mol. The highest BCUT2D eigenvalue weighted by atomic mass is 35.5. The van der Waals surface area contributed by atoms with Crippen LogP contribution in [0.1, 0.15) is 6.92 Å². The maximum Gasteiger partial charge on any atom is 0.327 e. The fourth-order valence-corrected chi connectivity index (χ4v) is 5.42. The van der Waals surface area contributed by atoms with Crippen LogP contribution in [0.25, 0.3) is 0 Å². The van der Waals surface area contributed by atoms with Crippen LogP contribution in [0, 0.1) is 0 Å². The molecule has 2 unspecified atom stereocenters. The Balaban J connectivity index is 1.55. The molecule has 2 aliphatic rings. The van der Waals surface area contributed by atoms with Gasteiger partial charge in [0.2, 0.25) is 5.91 Å². The Bertz CT molecular complexity index is 1440. The summed E-state index contributed by atoms with van der Waals surface area (Å²) in [6, 6.07) is 6.82. The molecule has 1 aromatic carbocycles.